The van der Waals surface area contributed by atoms with E-state index in [9.17, 15) is 0 Å². The number of hydrogen-bond donors (Lipinski definition) is 1. The molecular formula is C13H14Br3N3OS. The highest BCUT2D eigenvalue weighted by Gasteiger charge is 2.14. The zero-order valence-corrected chi connectivity index (χ0v) is 17.3. The lowest BCUT2D eigenvalue weighted by Gasteiger charge is -2.11. The lowest BCUT2D eigenvalue weighted by atomic mass is 10.3. The van der Waals surface area contributed by atoms with Gasteiger partial charge in [0.25, 0.3) is 0 Å². The molecule has 0 unspecified atom stereocenters. The van der Waals surface area contributed by atoms with Crippen LogP contribution in [0.4, 0.5) is 10.8 Å². The Hall–Kier alpha value is -0.310. The summed E-state index contributed by atoms with van der Waals surface area (Å²) in [5, 5.41) is 4.34. The molecule has 1 aromatic heterocycles. The number of ether oxygens (including phenoxy) is 1. The quantitative estimate of drug-likeness (QED) is 0.619. The number of hydrogen-bond acceptors (Lipinski definition) is 5. The third-order valence-corrected chi connectivity index (χ3v) is 5.57. The van der Waals surface area contributed by atoms with Crippen LogP contribution in [0.5, 0.6) is 5.88 Å². The molecule has 114 valence electrons. The molecule has 1 aromatic carbocycles. The van der Waals surface area contributed by atoms with Crippen molar-refractivity contribution in [1.82, 2.24) is 4.98 Å². The summed E-state index contributed by atoms with van der Waals surface area (Å²) >= 11 is 12.2. The zero-order chi connectivity index (χ0) is 15.6. The number of rotatable bonds is 5. The van der Waals surface area contributed by atoms with Crippen LogP contribution in [0.15, 0.2) is 25.6 Å². The van der Waals surface area contributed by atoms with Gasteiger partial charge in [-0.15, -0.1) is 0 Å². The Balaban J connectivity index is 2.20. The topological polar surface area (TPSA) is 37.4 Å². The number of methoxy groups -OCH3 is 1. The van der Waals surface area contributed by atoms with Gasteiger partial charge in [-0.2, -0.15) is 4.98 Å². The predicted octanol–water partition coefficient (Wildman–Crippen LogP) is 5.12. The van der Waals surface area contributed by atoms with Crippen molar-refractivity contribution in [3.8, 4) is 5.88 Å². The minimum Gasteiger partial charge on any atom is -0.480 e. The van der Waals surface area contributed by atoms with E-state index >= 15 is 0 Å². The number of anilines is 2. The molecule has 21 heavy (non-hydrogen) atoms. The van der Waals surface area contributed by atoms with Gasteiger partial charge in [-0.25, -0.2) is 0 Å². The van der Waals surface area contributed by atoms with Crippen LogP contribution >= 0.6 is 59.1 Å². The summed E-state index contributed by atoms with van der Waals surface area (Å²) in [6.07, 6.45) is 0. The molecule has 0 atom stereocenters. The largest absolute Gasteiger partial charge is 0.480 e. The average molecular weight is 500 g/mol. The highest BCUT2D eigenvalue weighted by atomic mass is 79.9. The van der Waals surface area contributed by atoms with Gasteiger partial charge in [-0.05, 0) is 44.0 Å². The Kier molecular flexibility index (Phi) is 5.93. The number of nitrogens with zero attached hydrogens (tertiary/aromatic N) is 2. The molecule has 2 aromatic rings. The average Bonchev–Trinajstić information content (AvgIpc) is 2.81. The highest BCUT2D eigenvalue weighted by Crippen LogP contribution is 2.36. The van der Waals surface area contributed by atoms with Crippen molar-refractivity contribution in [2.45, 2.75) is 6.54 Å². The van der Waals surface area contributed by atoms with Gasteiger partial charge in [-0.3, -0.25) is 0 Å². The van der Waals surface area contributed by atoms with E-state index in [2.05, 4.69) is 58.1 Å². The van der Waals surface area contributed by atoms with Gasteiger partial charge in [0.15, 0.2) is 5.13 Å². The first kappa shape index (κ1) is 17.1. The summed E-state index contributed by atoms with van der Waals surface area (Å²) in [6, 6.07) is 4.00. The second kappa shape index (κ2) is 7.30. The second-order valence-electron chi connectivity index (χ2n) is 4.42. The molecule has 0 aliphatic rings. The molecule has 0 fully saturated rings. The lowest BCUT2D eigenvalue weighted by molar-refractivity contribution is 0.397. The van der Waals surface area contributed by atoms with E-state index < -0.39 is 0 Å². The molecule has 0 saturated heterocycles. The van der Waals surface area contributed by atoms with Gasteiger partial charge >= 0.3 is 0 Å². The van der Waals surface area contributed by atoms with Crippen molar-refractivity contribution in [3.63, 3.8) is 0 Å². The molecule has 0 aliphatic carbocycles. The first-order chi connectivity index (χ1) is 9.92. The molecule has 0 spiro atoms. The third-order valence-electron chi connectivity index (χ3n) is 2.66. The normalized spacial score (nSPS) is 10.6. The van der Waals surface area contributed by atoms with E-state index in [1.54, 1.807) is 18.4 Å². The van der Waals surface area contributed by atoms with E-state index in [1.807, 2.05) is 31.1 Å². The predicted molar refractivity (Wildman–Crippen MR) is 99.9 cm³/mol. The van der Waals surface area contributed by atoms with Crippen LogP contribution in [0.2, 0.25) is 0 Å². The molecule has 0 radical (unpaired) electrons. The molecular weight excluding hydrogens is 486 g/mol. The van der Waals surface area contributed by atoms with Gasteiger partial charge in [-0.1, -0.05) is 27.3 Å². The van der Waals surface area contributed by atoms with Crippen LogP contribution in [0.25, 0.3) is 0 Å². The summed E-state index contributed by atoms with van der Waals surface area (Å²) in [7, 11) is 5.58. The van der Waals surface area contributed by atoms with Crippen LogP contribution in [0, 0.1) is 0 Å². The number of halogens is 3. The van der Waals surface area contributed by atoms with Crippen LogP contribution in [-0.2, 0) is 6.54 Å². The van der Waals surface area contributed by atoms with E-state index in [4.69, 9.17) is 4.74 Å². The summed E-state index contributed by atoms with van der Waals surface area (Å²) in [5.41, 5.74) is 1.00. The molecule has 1 heterocycles. The number of aromatic nitrogens is 1. The first-order valence-electron chi connectivity index (χ1n) is 6.01. The molecule has 0 aliphatic heterocycles. The van der Waals surface area contributed by atoms with E-state index in [1.165, 1.54) is 0 Å². The monoisotopic (exact) mass is 497 g/mol. The van der Waals surface area contributed by atoms with Crippen LogP contribution in [-0.4, -0.2) is 26.2 Å². The first-order valence-corrected chi connectivity index (χ1v) is 9.21. The molecule has 8 heteroatoms. The molecule has 0 bridgehead atoms. The fraction of sp³-hybridized carbons (Fsp3) is 0.308. The van der Waals surface area contributed by atoms with Gasteiger partial charge in [0.1, 0.15) is 0 Å². The minimum atomic E-state index is 0.646. The van der Waals surface area contributed by atoms with E-state index in [0.717, 1.165) is 29.1 Å². The van der Waals surface area contributed by atoms with Crippen molar-refractivity contribution in [3.05, 3.63) is 30.4 Å². The molecule has 0 saturated carbocycles. The Labute approximate surface area is 153 Å². The van der Waals surface area contributed by atoms with Gasteiger partial charge in [0.05, 0.1) is 24.2 Å². The van der Waals surface area contributed by atoms with Gasteiger partial charge in [0.2, 0.25) is 5.88 Å². The number of thiazole rings is 1. The Morgan fingerprint density at radius 1 is 1.24 bits per heavy atom. The maximum atomic E-state index is 5.35. The SMILES string of the molecule is COc1nc(N(C)C)sc1CNc1c(Br)cc(Br)cc1Br. The van der Waals surface area contributed by atoms with Gasteiger partial charge < -0.3 is 15.0 Å². The smallest absolute Gasteiger partial charge is 0.231 e. The molecule has 2 rings (SSSR count). The summed E-state index contributed by atoms with van der Waals surface area (Å²) in [6.45, 7) is 0.646. The maximum absolute atomic E-state index is 5.35. The van der Waals surface area contributed by atoms with Crippen molar-refractivity contribution < 1.29 is 4.74 Å². The molecule has 1 N–H and O–H groups in total. The highest BCUT2D eigenvalue weighted by molar-refractivity contribution is 9.11. The van der Waals surface area contributed by atoms with Crippen LogP contribution < -0.4 is 15.0 Å². The summed E-state index contributed by atoms with van der Waals surface area (Å²) in [4.78, 5) is 7.48. The Morgan fingerprint density at radius 3 is 2.38 bits per heavy atom. The lowest BCUT2D eigenvalue weighted by Crippen LogP contribution is -2.07. The third kappa shape index (κ3) is 4.12. The van der Waals surface area contributed by atoms with Crippen LogP contribution in [0.1, 0.15) is 4.88 Å². The van der Waals surface area contributed by atoms with Crippen LogP contribution in [0.3, 0.4) is 0 Å². The summed E-state index contributed by atoms with van der Waals surface area (Å²) < 4.78 is 8.33. The van der Waals surface area contributed by atoms with Gasteiger partial charge in [0, 0.05) is 27.5 Å². The van der Waals surface area contributed by atoms with Crippen molar-refractivity contribution in [2.75, 3.05) is 31.4 Å². The van der Waals surface area contributed by atoms with Crippen molar-refractivity contribution >= 4 is 69.9 Å². The van der Waals surface area contributed by atoms with E-state index in [-0.39, 0.29) is 0 Å². The molecule has 0 amide bonds. The van der Waals surface area contributed by atoms with Crippen molar-refractivity contribution in [1.29, 1.82) is 0 Å². The Bertz CT molecular complexity index is 623. The Morgan fingerprint density at radius 2 is 1.86 bits per heavy atom. The van der Waals surface area contributed by atoms with Crippen molar-refractivity contribution in [2.24, 2.45) is 0 Å². The fourth-order valence-electron chi connectivity index (χ4n) is 1.67. The maximum Gasteiger partial charge on any atom is 0.231 e. The fourth-order valence-corrected chi connectivity index (χ4v) is 5.10. The zero-order valence-electron chi connectivity index (χ0n) is 11.7. The second-order valence-corrected chi connectivity index (χ2v) is 8.11. The minimum absolute atomic E-state index is 0.646. The van der Waals surface area contributed by atoms with E-state index in [0.29, 0.717) is 12.4 Å². The molecule has 4 nitrogen and oxygen atoms in total. The number of benzene rings is 1. The summed E-state index contributed by atoms with van der Waals surface area (Å²) in [5.74, 6) is 0.667. The number of nitrogens with one attached hydrogen (secondary N) is 1. The standard InChI is InChI=1S/C13H14Br3N3OS/c1-19(2)13-18-12(20-3)10(21-13)6-17-11-8(15)4-7(14)5-9(11)16/h4-5,17H,6H2,1-3H3.